The van der Waals surface area contributed by atoms with Gasteiger partial charge in [-0.1, -0.05) is 17.4 Å². The van der Waals surface area contributed by atoms with E-state index in [-0.39, 0.29) is 24.4 Å². The summed E-state index contributed by atoms with van der Waals surface area (Å²) in [6, 6.07) is 5.99. The van der Waals surface area contributed by atoms with Crippen molar-refractivity contribution in [2.75, 3.05) is 5.32 Å². The van der Waals surface area contributed by atoms with Gasteiger partial charge in [0.15, 0.2) is 5.13 Å². The van der Waals surface area contributed by atoms with E-state index < -0.39 is 0 Å². The summed E-state index contributed by atoms with van der Waals surface area (Å²) in [5.41, 5.74) is 2.90. The quantitative estimate of drug-likeness (QED) is 0.563. The number of carbonyl (C=O) groups excluding carboxylic acids is 1. The molecule has 0 aliphatic heterocycles. The number of anilines is 1. The Bertz CT molecular complexity index is 1240. The van der Waals surface area contributed by atoms with Gasteiger partial charge in [-0.15, -0.1) is 11.3 Å². The summed E-state index contributed by atoms with van der Waals surface area (Å²) in [6.07, 6.45) is 1.71. The maximum atomic E-state index is 12.7. The predicted octanol–water partition coefficient (Wildman–Crippen LogP) is 4.02. The summed E-state index contributed by atoms with van der Waals surface area (Å²) < 4.78 is 2.54. The van der Waals surface area contributed by atoms with Crippen molar-refractivity contribution in [2.24, 2.45) is 0 Å². The van der Waals surface area contributed by atoms with E-state index in [1.54, 1.807) is 0 Å². The van der Waals surface area contributed by atoms with Gasteiger partial charge in [0.25, 0.3) is 5.56 Å². The smallest absolute Gasteiger partial charge is 0.262 e. The minimum atomic E-state index is -0.170. The Morgan fingerprint density at radius 2 is 2.04 bits per heavy atom. The van der Waals surface area contributed by atoms with Crippen LogP contribution in [0.25, 0.3) is 20.4 Å². The van der Waals surface area contributed by atoms with E-state index in [9.17, 15) is 9.59 Å². The summed E-state index contributed by atoms with van der Waals surface area (Å²) in [6.45, 7) is 6.23. The van der Waals surface area contributed by atoms with Crippen LogP contribution in [0.3, 0.4) is 0 Å². The zero-order valence-corrected chi connectivity index (χ0v) is 16.8. The van der Waals surface area contributed by atoms with Gasteiger partial charge in [-0.25, -0.2) is 9.97 Å². The molecule has 27 heavy (non-hydrogen) atoms. The molecule has 1 amide bonds. The van der Waals surface area contributed by atoms with E-state index in [1.165, 1.54) is 33.6 Å². The lowest BCUT2D eigenvalue weighted by Crippen LogP contribution is -2.23. The average molecular weight is 399 g/mol. The van der Waals surface area contributed by atoms with E-state index in [0.717, 1.165) is 31.1 Å². The van der Waals surface area contributed by atoms with Crippen molar-refractivity contribution < 1.29 is 4.79 Å². The zero-order chi connectivity index (χ0) is 19.1. The van der Waals surface area contributed by atoms with Crippen LogP contribution >= 0.6 is 22.7 Å². The molecule has 6 nitrogen and oxygen atoms in total. The molecule has 3 aromatic heterocycles. The van der Waals surface area contributed by atoms with E-state index in [4.69, 9.17) is 0 Å². The Hall–Kier alpha value is -2.58. The van der Waals surface area contributed by atoms with E-state index in [1.807, 2.05) is 39.0 Å². The number of carbonyl (C=O) groups is 1. The number of fused-ring (bicyclic) bond motifs is 2. The largest absolute Gasteiger partial charge is 0.302 e. The van der Waals surface area contributed by atoms with Gasteiger partial charge in [0.1, 0.15) is 4.83 Å². The van der Waals surface area contributed by atoms with Crippen LogP contribution < -0.4 is 10.9 Å². The highest BCUT2D eigenvalue weighted by molar-refractivity contribution is 7.22. The van der Waals surface area contributed by atoms with Gasteiger partial charge >= 0.3 is 0 Å². The second-order valence-electron chi connectivity index (χ2n) is 6.49. The molecule has 0 spiro atoms. The fourth-order valence-corrected chi connectivity index (χ4v) is 4.89. The summed E-state index contributed by atoms with van der Waals surface area (Å²) in [5.74, 6) is -0.170. The van der Waals surface area contributed by atoms with Crippen LogP contribution in [0.15, 0.2) is 29.3 Å². The van der Waals surface area contributed by atoms with Crippen molar-refractivity contribution in [1.29, 1.82) is 0 Å². The normalized spacial score (nSPS) is 11.4. The molecule has 0 aliphatic rings. The summed E-state index contributed by atoms with van der Waals surface area (Å²) >= 11 is 2.97. The molecule has 0 atom stereocenters. The molecular weight excluding hydrogens is 380 g/mol. The van der Waals surface area contributed by atoms with Gasteiger partial charge < -0.3 is 5.32 Å². The third-order valence-corrected chi connectivity index (χ3v) is 6.57. The summed E-state index contributed by atoms with van der Waals surface area (Å²) in [7, 11) is 0. The Kier molecular flexibility index (Phi) is 4.53. The first-order chi connectivity index (χ1) is 12.9. The maximum Gasteiger partial charge on any atom is 0.262 e. The third kappa shape index (κ3) is 3.38. The van der Waals surface area contributed by atoms with Crippen LogP contribution in [0.1, 0.15) is 22.4 Å². The van der Waals surface area contributed by atoms with Crippen molar-refractivity contribution in [3.05, 3.63) is 50.9 Å². The summed E-state index contributed by atoms with van der Waals surface area (Å²) in [5, 5.41) is 4.06. The van der Waals surface area contributed by atoms with Crippen LogP contribution in [0.4, 0.5) is 5.13 Å². The lowest BCUT2D eigenvalue weighted by Gasteiger charge is -2.05. The van der Waals surface area contributed by atoms with E-state index >= 15 is 0 Å². The minimum Gasteiger partial charge on any atom is -0.302 e. The zero-order valence-electron chi connectivity index (χ0n) is 15.2. The van der Waals surface area contributed by atoms with E-state index in [0.29, 0.717) is 10.5 Å². The van der Waals surface area contributed by atoms with Crippen molar-refractivity contribution >= 4 is 54.1 Å². The van der Waals surface area contributed by atoms with Crippen LogP contribution in [-0.4, -0.2) is 20.4 Å². The van der Waals surface area contributed by atoms with Crippen LogP contribution in [-0.2, 0) is 11.3 Å². The number of hydrogen-bond donors (Lipinski definition) is 1. The summed E-state index contributed by atoms with van der Waals surface area (Å²) in [4.78, 5) is 35.6. The first kappa shape index (κ1) is 17.8. The number of hydrogen-bond acceptors (Lipinski definition) is 6. The van der Waals surface area contributed by atoms with Gasteiger partial charge in [-0.2, -0.15) is 0 Å². The van der Waals surface area contributed by atoms with Gasteiger partial charge in [-0.3, -0.25) is 14.2 Å². The fourth-order valence-electron chi connectivity index (χ4n) is 2.92. The van der Waals surface area contributed by atoms with Crippen molar-refractivity contribution in [3.8, 4) is 0 Å². The van der Waals surface area contributed by atoms with Crippen molar-refractivity contribution in [3.63, 3.8) is 0 Å². The number of benzene rings is 1. The lowest BCUT2D eigenvalue weighted by atomic mass is 10.2. The number of nitrogens with zero attached hydrogens (tertiary/aromatic N) is 3. The van der Waals surface area contributed by atoms with Crippen LogP contribution in [0.5, 0.6) is 0 Å². The number of amides is 1. The van der Waals surface area contributed by atoms with Gasteiger partial charge in [-0.05, 0) is 44.0 Å². The molecule has 1 aromatic carbocycles. The molecule has 0 saturated heterocycles. The molecule has 0 saturated carbocycles. The van der Waals surface area contributed by atoms with E-state index in [2.05, 4.69) is 15.3 Å². The minimum absolute atomic E-state index is 0.0925. The van der Waals surface area contributed by atoms with Crippen LogP contribution in [0.2, 0.25) is 0 Å². The highest BCUT2D eigenvalue weighted by atomic mass is 32.1. The van der Waals surface area contributed by atoms with Crippen molar-refractivity contribution in [2.45, 2.75) is 33.7 Å². The second-order valence-corrected chi connectivity index (χ2v) is 8.73. The predicted molar refractivity (Wildman–Crippen MR) is 111 cm³/mol. The Labute approximate surface area is 163 Å². The Morgan fingerprint density at radius 3 is 2.85 bits per heavy atom. The molecule has 4 aromatic rings. The molecule has 1 N–H and O–H groups in total. The molecule has 0 bridgehead atoms. The molecule has 4 rings (SSSR count). The molecule has 8 heteroatoms. The van der Waals surface area contributed by atoms with Crippen molar-refractivity contribution in [1.82, 2.24) is 14.5 Å². The number of rotatable bonds is 4. The molecule has 3 heterocycles. The first-order valence-electron chi connectivity index (χ1n) is 8.54. The van der Waals surface area contributed by atoms with Crippen LogP contribution in [0, 0.1) is 20.8 Å². The molecule has 0 unspecified atom stereocenters. The van der Waals surface area contributed by atoms with Gasteiger partial charge in [0.2, 0.25) is 5.91 Å². The third-order valence-electron chi connectivity index (χ3n) is 4.53. The Balaban J connectivity index is 1.48. The number of aryl methyl sites for hydroxylation is 4. The topological polar surface area (TPSA) is 76.9 Å². The number of thiophene rings is 1. The molecule has 0 fully saturated rings. The molecule has 0 radical (unpaired) electrons. The lowest BCUT2D eigenvalue weighted by molar-refractivity contribution is -0.116. The Morgan fingerprint density at radius 1 is 1.22 bits per heavy atom. The number of nitrogens with one attached hydrogen (secondary N) is 1. The second kappa shape index (κ2) is 6.86. The maximum absolute atomic E-state index is 12.7. The number of thiazole rings is 1. The highest BCUT2D eigenvalue weighted by Gasteiger charge is 2.13. The monoisotopic (exact) mass is 398 g/mol. The standard InChI is InChI=1S/C19H18N4O2S2/c1-10-4-5-13-14(8-10)27-19(21-13)22-15(24)6-7-23-9-20-17-16(18(23)25)11(2)12(3)26-17/h4-5,8-9H,6-7H2,1-3H3,(H,21,22,24). The highest BCUT2D eigenvalue weighted by Crippen LogP contribution is 2.27. The SMILES string of the molecule is Cc1ccc2nc(NC(=O)CCn3cnc4sc(C)c(C)c4c3=O)sc2c1. The first-order valence-corrected chi connectivity index (χ1v) is 10.2. The molecule has 138 valence electrons. The molecule has 0 aliphatic carbocycles. The van der Waals surface area contributed by atoms with Gasteiger partial charge in [0, 0.05) is 17.8 Å². The fraction of sp³-hybridized carbons (Fsp3) is 0.263. The molecular formula is C19H18N4O2S2. The number of aromatic nitrogens is 3. The van der Waals surface area contributed by atoms with Gasteiger partial charge in [0.05, 0.1) is 21.9 Å². The average Bonchev–Trinajstić information content (AvgIpc) is 3.14.